The number of para-hydroxylation sites is 2. The van der Waals surface area contributed by atoms with Gasteiger partial charge in [0.2, 0.25) is 0 Å². The molecule has 4 nitrogen and oxygen atoms in total. The first kappa shape index (κ1) is 13.7. The Bertz CT molecular complexity index is 425. The number of amides is 2. The number of hydrogen-bond donors (Lipinski definition) is 2. The van der Waals surface area contributed by atoms with E-state index in [9.17, 15) is 4.79 Å². The summed E-state index contributed by atoms with van der Waals surface area (Å²) < 4.78 is 0. The first-order valence-electron chi connectivity index (χ1n) is 7.00. The molecule has 0 unspecified atom stereocenters. The molecule has 0 spiro atoms. The van der Waals surface area contributed by atoms with Gasteiger partial charge in [-0.15, -0.1) is 0 Å². The molecule has 0 heterocycles. The van der Waals surface area contributed by atoms with E-state index in [-0.39, 0.29) is 6.03 Å². The highest BCUT2D eigenvalue weighted by Crippen LogP contribution is 2.23. The van der Waals surface area contributed by atoms with Gasteiger partial charge >= 0.3 is 6.03 Å². The second-order valence-corrected chi connectivity index (χ2v) is 5.34. The summed E-state index contributed by atoms with van der Waals surface area (Å²) in [6, 6.07) is 8.07. The van der Waals surface area contributed by atoms with Crippen LogP contribution in [0.1, 0.15) is 32.1 Å². The highest BCUT2D eigenvalue weighted by Gasteiger charge is 2.16. The fraction of sp³-hybridized carbons (Fsp3) is 0.533. The summed E-state index contributed by atoms with van der Waals surface area (Å²) >= 11 is 0. The van der Waals surface area contributed by atoms with E-state index in [1.165, 1.54) is 19.3 Å². The van der Waals surface area contributed by atoms with Gasteiger partial charge in [0.15, 0.2) is 0 Å². The second kappa shape index (κ2) is 6.45. The molecule has 1 fully saturated rings. The Hall–Kier alpha value is -1.71. The summed E-state index contributed by atoms with van der Waals surface area (Å²) in [5.41, 5.74) is 1.86. The van der Waals surface area contributed by atoms with Gasteiger partial charge in [-0.25, -0.2) is 4.79 Å². The van der Waals surface area contributed by atoms with Crippen LogP contribution in [-0.2, 0) is 0 Å². The second-order valence-electron chi connectivity index (χ2n) is 5.34. The van der Waals surface area contributed by atoms with Crippen molar-refractivity contribution in [3.63, 3.8) is 0 Å². The molecule has 0 aromatic heterocycles. The molecule has 2 amide bonds. The van der Waals surface area contributed by atoms with Crippen LogP contribution in [-0.4, -0.2) is 26.2 Å². The molecule has 1 aromatic rings. The van der Waals surface area contributed by atoms with Crippen molar-refractivity contribution in [2.45, 2.75) is 38.1 Å². The molecule has 2 rings (SSSR count). The molecular weight excluding hydrogens is 238 g/mol. The lowest BCUT2D eigenvalue weighted by molar-refractivity contribution is 0.244. The number of nitrogens with one attached hydrogen (secondary N) is 2. The number of carbonyl (C=O) groups excluding carboxylic acids is 1. The number of urea groups is 1. The van der Waals surface area contributed by atoms with Crippen LogP contribution >= 0.6 is 0 Å². The average molecular weight is 261 g/mol. The predicted octanol–water partition coefficient (Wildman–Crippen LogP) is 3.21. The molecule has 4 heteroatoms. The molecule has 0 saturated heterocycles. The van der Waals surface area contributed by atoms with E-state index in [1.54, 1.807) is 0 Å². The van der Waals surface area contributed by atoms with E-state index in [4.69, 9.17) is 0 Å². The van der Waals surface area contributed by atoms with Crippen molar-refractivity contribution in [2.24, 2.45) is 0 Å². The third kappa shape index (κ3) is 3.88. The molecule has 0 aliphatic heterocycles. The van der Waals surface area contributed by atoms with Gasteiger partial charge in [0.1, 0.15) is 0 Å². The largest absolute Gasteiger partial charge is 0.376 e. The first-order valence-corrected chi connectivity index (χ1v) is 7.00. The smallest absolute Gasteiger partial charge is 0.319 e. The number of anilines is 2. The van der Waals surface area contributed by atoms with Gasteiger partial charge in [-0.1, -0.05) is 31.4 Å². The highest BCUT2D eigenvalue weighted by molar-refractivity contribution is 5.93. The Morgan fingerprint density at radius 3 is 2.53 bits per heavy atom. The Kier molecular flexibility index (Phi) is 4.66. The third-order valence-electron chi connectivity index (χ3n) is 3.57. The molecule has 0 atom stereocenters. The van der Waals surface area contributed by atoms with Crippen LogP contribution in [0.4, 0.5) is 16.2 Å². The molecule has 1 aromatic carbocycles. The molecule has 2 N–H and O–H groups in total. The summed E-state index contributed by atoms with van der Waals surface area (Å²) in [6.45, 7) is 0. The number of hydrogen-bond acceptors (Lipinski definition) is 2. The lowest BCUT2D eigenvalue weighted by Crippen LogP contribution is -2.39. The zero-order chi connectivity index (χ0) is 13.7. The van der Waals surface area contributed by atoms with Gasteiger partial charge in [-0.05, 0) is 25.0 Å². The number of nitrogens with zero attached hydrogens (tertiary/aromatic N) is 1. The standard InChI is InChI=1S/C15H23N3O/c1-18(2)14-11-7-6-10-13(14)17-15(19)16-12-8-4-3-5-9-12/h6-7,10-12H,3-5,8-9H2,1-2H3,(H2,16,17,19). The van der Waals surface area contributed by atoms with Crippen molar-refractivity contribution in [1.29, 1.82) is 0 Å². The fourth-order valence-corrected chi connectivity index (χ4v) is 2.56. The summed E-state index contributed by atoms with van der Waals surface area (Å²) in [7, 11) is 3.94. The van der Waals surface area contributed by atoms with Crippen molar-refractivity contribution in [2.75, 3.05) is 24.3 Å². The van der Waals surface area contributed by atoms with Gasteiger partial charge < -0.3 is 15.5 Å². The Balaban J connectivity index is 1.94. The summed E-state index contributed by atoms with van der Waals surface area (Å²) in [6.07, 6.45) is 5.94. The molecule has 1 aliphatic carbocycles. The van der Waals surface area contributed by atoms with E-state index in [0.717, 1.165) is 24.2 Å². The van der Waals surface area contributed by atoms with E-state index in [2.05, 4.69) is 10.6 Å². The Morgan fingerprint density at radius 2 is 1.84 bits per heavy atom. The van der Waals surface area contributed by atoms with Crippen LogP contribution in [0.2, 0.25) is 0 Å². The van der Waals surface area contributed by atoms with Crippen molar-refractivity contribution in [3.8, 4) is 0 Å². The molecule has 104 valence electrons. The minimum atomic E-state index is -0.0961. The Morgan fingerprint density at radius 1 is 1.16 bits per heavy atom. The number of rotatable bonds is 3. The fourth-order valence-electron chi connectivity index (χ4n) is 2.56. The summed E-state index contributed by atoms with van der Waals surface area (Å²) in [4.78, 5) is 14.0. The van der Waals surface area contributed by atoms with Crippen molar-refractivity contribution in [3.05, 3.63) is 24.3 Å². The van der Waals surface area contributed by atoms with Gasteiger partial charge in [0.25, 0.3) is 0 Å². The summed E-state index contributed by atoms with van der Waals surface area (Å²) in [5.74, 6) is 0. The third-order valence-corrected chi connectivity index (χ3v) is 3.57. The monoisotopic (exact) mass is 261 g/mol. The van der Waals surface area contributed by atoms with Crippen LogP contribution in [0.5, 0.6) is 0 Å². The number of carbonyl (C=O) groups is 1. The molecule has 0 bridgehead atoms. The van der Waals surface area contributed by atoms with Crippen molar-refractivity contribution < 1.29 is 4.79 Å². The SMILES string of the molecule is CN(C)c1ccccc1NC(=O)NC1CCCCC1. The topological polar surface area (TPSA) is 44.4 Å². The van der Waals surface area contributed by atoms with Crippen LogP contribution < -0.4 is 15.5 Å². The molecule has 0 radical (unpaired) electrons. The normalized spacial score (nSPS) is 15.9. The van der Waals surface area contributed by atoms with Gasteiger partial charge in [0.05, 0.1) is 11.4 Å². The van der Waals surface area contributed by atoms with Gasteiger partial charge in [-0.3, -0.25) is 0 Å². The maximum Gasteiger partial charge on any atom is 0.319 e. The lowest BCUT2D eigenvalue weighted by Gasteiger charge is -2.24. The zero-order valence-electron chi connectivity index (χ0n) is 11.8. The molecule has 1 saturated carbocycles. The average Bonchev–Trinajstić information content (AvgIpc) is 2.40. The van der Waals surface area contributed by atoms with Crippen LogP contribution in [0.3, 0.4) is 0 Å². The maximum absolute atomic E-state index is 12.0. The van der Waals surface area contributed by atoms with Crippen LogP contribution in [0, 0.1) is 0 Å². The van der Waals surface area contributed by atoms with Crippen LogP contribution in [0.15, 0.2) is 24.3 Å². The van der Waals surface area contributed by atoms with E-state index in [1.807, 2.05) is 43.3 Å². The lowest BCUT2D eigenvalue weighted by atomic mass is 9.96. The first-order chi connectivity index (χ1) is 9.16. The molecule has 19 heavy (non-hydrogen) atoms. The van der Waals surface area contributed by atoms with Crippen LogP contribution in [0.25, 0.3) is 0 Å². The van der Waals surface area contributed by atoms with Gasteiger partial charge in [0, 0.05) is 20.1 Å². The van der Waals surface area contributed by atoms with E-state index in [0.29, 0.717) is 6.04 Å². The minimum Gasteiger partial charge on any atom is -0.376 e. The Labute approximate surface area is 115 Å². The van der Waals surface area contributed by atoms with E-state index < -0.39 is 0 Å². The number of benzene rings is 1. The van der Waals surface area contributed by atoms with Crippen molar-refractivity contribution in [1.82, 2.24) is 5.32 Å². The quantitative estimate of drug-likeness (QED) is 0.877. The van der Waals surface area contributed by atoms with Gasteiger partial charge in [-0.2, -0.15) is 0 Å². The zero-order valence-corrected chi connectivity index (χ0v) is 11.8. The maximum atomic E-state index is 12.0. The highest BCUT2D eigenvalue weighted by atomic mass is 16.2. The van der Waals surface area contributed by atoms with Crippen molar-refractivity contribution >= 4 is 17.4 Å². The summed E-state index contributed by atoms with van der Waals surface area (Å²) in [5, 5.41) is 6.01. The minimum absolute atomic E-state index is 0.0961. The predicted molar refractivity (Wildman–Crippen MR) is 79.8 cm³/mol. The van der Waals surface area contributed by atoms with E-state index >= 15 is 0 Å². The molecule has 1 aliphatic rings. The molecular formula is C15H23N3O.